The van der Waals surface area contributed by atoms with E-state index >= 15 is 0 Å². The molecule has 1 spiro atoms. The number of aromatic nitrogens is 2. The Kier molecular flexibility index (Phi) is 5.35. The summed E-state index contributed by atoms with van der Waals surface area (Å²) in [6.45, 7) is 4.14. The van der Waals surface area contributed by atoms with Crippen molar-refractivity contribution in [2.45, 2.75) is 56.3 Å². The first kappa shape index (κ1) is 21.1. The van der Waals surface area contributed by atoms with E-state index in [0.717, 1.165) is 69.8 Å². The van der Waals surface area contributed by atoms with E-state index < -0.39 is 6.23 Å². The molecule has 9 heteroatoms. The average Bonchev–Trinajstić information content (AvgIpc) is 3.54. The number of fused-ring (bicyclic) bond motifs is 1. The second-order valence-corrected chi connectivity index (χ2v) is 9.77. The second kappa shape index (κ2) is 8.38. The molecule has 1 aromatic heterocycles. The Balaban J connectivity index is 1.27. The Morgan fingerprint density at radius 3 is 2.70 bits per heavy atom. The van der Waals surface area contributed by atoms with Crippen LogP contribution in [0.4, 0.5) is 27.5 Å². The van der Waals surface area contributed by atoms with Crippen molar-refractivity contribution < 1.29 is 9.50 Å². The minimum atomic E-state index is -0.574. The number of aliphatic hydroxyl groups is 1. The first-order valence-corrected chi connectivity index (χ1v) is 12.2. The molecule has 1 aromatic carbocycles. The Hall–Kier alpha value is -2.49. The highest BCUT2D eigenvalue weighted by Crippen LogP contribution is 2.47. The third-order valence-corrected chi connectivity index (χ3v) is 7.80. The number of halogens is 1. The lowest BCUT2D eigenvalue weighted by Gasteiger charge is -2.42. The largest absolute Gasteiger partial charge is 0.376 e. The Morgan fingerprint density at radius 2 is 1.97 bits per heavy atom. The summed E-state index contributed by atoms with van der Waals surface area (Å²) in [5.41, 5.74) is 2.00. The smallest absolute Gasteiger partial charge is 0.229 e. The zero-order valence-corrected chi connectivity index (χ0v) is 18.9. The number of hydrogen-bond acceptors (Lipinski definition) is 8. The van der Waals surface area contributed by atoms with Crippen molar-refractivity contribution in [1.82, 2.24) is 20.6 Å². The zero-order valence-electron chi connectivity index (χ0n) is 18.9. The molecule has 4 N–H and O–H groups in total. The summed E-state index contributed by atoms with van der Waals surface area (Å²) in [4.78, 5) is 13.9. The maximum atomic E-state index is 14.9. The van der Waals surface area contributed by atoms with Crippen molar-refractivity contribution in [1.29, 1.82) is 0 Å². The van der Waals surface area contributed by atoms with Gasteiger partial charge in [0.25, 0.3) is 0 Å². The monoisotopic (exact) mass is 453 g/mol. The van der Waals surface area contributed by atoms with E-state index in [4.69, 9.17) is 4.98 Å². The highest BCUT2D eigenvalue weighted by molar-refractivity contribution is 5.64. The SMILES string of the molecule is OC1NCC[C@@]12Cc1cnc(Nc3ccc(N4CCNCC4)c(F)c3)nc1N2C1CCCC1. The van der Waals surface area contributed by atoms with E-state index in [0.29, 0.717) is 23.4 Å². The molecule has 4 heterocycles. The first-order valence-electron chi connectivity index (χ1n) is 12.2. The van der Waals surface area contributed by atoms with Crippen molar-refractivity contribution in [2.75, 3.05) is 47.8 Å². The summed E-state index contributed by atoms with van der Waals surface area (Å²) in [7, 11) is 0. The Bertz CT molecular complexity index is 1020. The lowest BCUT2D eigenvalue weighted by Crippen LogP contribution is -2.58. The number of nitrogens with one attached hydrogen (secondary N) is 3. The molecule has 0 amide bonds. The predicted octanol–water partition coefficient (Wildman–Crippen LogP) is 2.12. The number of anilines is 4. The second-order valence-electron chi connectivity index (χ2n) is 9.77. The molecular weight excluding hydrogens is 421 g/mol. The summed E-state index contributed by atoms with van der Waals surface area (Å²) >= 11 is 0. The molecule has 1 unspecified atom stereocenters. The minimum Gasteiger partial charge on any atom is -0.376 e. The summed E-state index contributed by atoms with van der Waals surface area (Å²) in [6, 6.07) is 5.63. The third kappa shape index (κ3) is 3.62. The molecule has 3 fully saturated rings. The maximum Gasteiger partial charge on any atom is 0.229 e. The van der Waals surface area contributed by atoms with E-state index in [1.54, 1.807) is 0 Å². The van der Waals surface area contributed by atoms with Gasteiger partial charge in [-0.05, 0) is 44.0 Å². The van der Waals surface area contributed by atoms with Gasteiger partial charge in [0.1, 0.15) is 17.9 Å². The van der Waals surface area contributed by atoms with Crippen molar-refractivity contribution in [3.8, 4) is 0 Å². The van der Waals surface area contributed by atoms with Gasteiger partial charge in [-0.3, -0.25) is 5.32 Å². The van der Waals surface area contributed by atoms with Gasteiger partial charge < -0.3 is 25.5 Å². The van der Waals surface area contributed by atoms with Crippen LogP contribution in [0, 0.1) is 5.82 Å². The van der Waals surface area contributed by atoms with Gasteiger partial charge >= 0.3 is 0 Å². The lowest BCUT2D eigenvalue weighted by molar-refractivity contribution is 0.0857. The number of piperazine rings is 1. The number of hydrogen-bond donors (Lipinski definition) is 4. The van der Waals surface area contributed by atoms with Gasteiger partial charge in [0.15, 0.2) is 0 Å². The highest BCUT2D eigenvalue weighted by atomic mass is 19.1. The van der Waals surface area contributed by atoms with Crippen molar-refractivity contribution >= 4 is 23.1 Å². The molecule has 2 aromatic rings. The third-order valence-electron chi connectivity index (χ3n) is 7.80. The van der Waals surface area contributed by atoms with Crippen LogP contribution in [0.25, 0.3) is 0 Å². The lowest BCUT2D eigenvalue weighted by atomic mass is 9.90. The van der Waals surface area contributed by atoms with Gasteiger partial charge in [0.2, 0.25) is 5.95 Å². The molecule has 3 aliphatic heterocycles. The zero-order chi connectivity index (χ0) is 22.4. The average molecular weight is 454 g/mol. The molecule has 2 atom stereocenters. The molecular formula is C24H32FN7O. The Labute approximate surface area is 193 Å². The highest BCUT2D eigenvalue weighted by Gasteiger charge is 2.54. The first-order chi connectivity index (χ1) is 16.1. The fourth-order valence-electron chi connectivity index (χ4n) is 6.18. The van der Waals surface area contributed by atoms with E-state index in [2.05, 4.69) is 30.7 Å². The van der Waals surface area contributed by atoms with Crippen LogP contribution < -0.4 is 25.8 Å². The van der Waals surface area contributed by atoms with E-state index in [1.807, 2.05) is 18.3 Å². The molecule has 176 valence electrons. The standard InChI is InChI=1S/C24H32FN7O/c25-19-13-17(5-6-20(19)31-11-9-26-10-12-31)29-23-28-15-16-14-24(7-8-27-22(24)33)32(21(16)30-23)18-3-1-2-4-18/h5-6,13,15,18,22,26-27,33H,1-4,7-12,14H2,(H,28,29,30)/t22?,24-/m1/s1. The number of rotatable bonds is 4. The van der Waals surface area contributed by atoms with Crippen molar-refractivity contribution in [3.05, 3.63) is 35.8 Å². The fraction of sp³-hybridized carbons (Fsp3) is 0.583. The molecule has 1 aliphatic carbocycles. The minimum absolute atomic E-state index is 0.241. The van der Waals surface area contributed by atoms with Gasteiger partial charge in [-0.25, -0.2) is 9.37 Å². The van der Waals surface area contributed by atoms with Crippen LogP contribution in [-0.2, 0) is 6.42 Å². The summed E-state index contributed by atoms with van der Waals surface area (Å²) in [5, 5.41) is 20.6. The van der Waals surface area contributed by atoms with Gasteiger partial charge in [0, 0.05) is 56.1 Å². The summed E-state index contributed by atoms with van der Waals surface area (Å²) in [5.74, 6) is 1.14. The molecule has 1 saturated carbocycles. The van der Waals surface area contributed by atoms with Crippen LogP contribution in [0.3, 0.4) is 0 Å². The van der Waals surface area contributed by atoms with Crippen molar-refractivity contribution in [2.24, 2.45) is 0 Å². The van der Waals surface area contributed by atoms with E-state index in [-0.39, 0.29) is 11.4 Å². The van der Waals surface area contributed by atoms with Gasteiger partial charge in [-0.1, -0.05) is 12.8 Å². The van der Waals surface area contributed by atoms with Gasteiger partial charge in [-0.2, -0.15) is 4.98 Å². The molecule has 33 heavy (non-hydrogen) atoms. The van der Waals surface area contributed by atoms with Crippen LogP contribution in [0.15, 0.2) is 24.4 Å². The van der Waals surface area contributed by atoms with Crippen LogP contribution in [-0.4, -0.2) is 65.6 Å². The fourth-order valence-corrected chi connectivity index (χ4v) is 6.18. The Morgan fingerprint density at radius 1 is 1.15 bits per heavy atom. The molecule has 4 aliphatic rings. The van der Waals surface area contributed by atoms with Gasteiger partial charge in [0.05, 0.1) is 11.2 Å². The normalized spacial score (nSPS) is 27.5. The number of aliphatic hydroxyl groups excluding tert-OH is 1. The molecule has 0 radical (unpaired) electrons. The summed E-state index contributed by atoms with van der Waals surface area (Å²) < 4.78 is 14.9. The van der Waals surface area contributed by atoms with E-state index in [1.165, 1.54) is 18.9 Å². The number of nitrogens with zero attached hydrogens (tertiary/aromatic N) is 4. The number of benzene rings is 1. The maximum absolute atomic E-state index is 14.9. The molecule has 8 nitrogen and oxygen atoms in total. The van der Waals surface area contributed by atoms with E-state index in [9.17, 15) is 9.50 Å². The van der Waals surface area contributed by atoms with Crippen molar-refractivity contribution in [3.63, 3.8) is 0 Å². The van der Waals surface area contributed by atoms with Crippen LogP contribution in [0.5, 0.6) is 0 Å². The van der Waals surface area contributed by atoms with Crippen LogP contribution >= 0.6 is 0 Å². The van der Waals surface area contributed by atoms with Crippen LogP contribution in [0.2, 0.25) is 0 Å². The molecule has 0 bridgehead atoms. The quantitative estimate of drug-likeness (QED) is 0.560. The predicted molar refractivity (Wildman–Crippen MR) is 127 cm³/mol. The molecule has 6 rings (SSSR count). The van der Waals surface area contributed by atoms with Gasteiger partial charge in [-0.15, -0.1) is 0 Å². The van der Waals surface area contributed by atoms with Crippen LogP contribution in [0.1, 0.15) is 37.7 Å². The summed E-state index contributed by atoms with van der Waals surface area (Å²) in [6.07, 6.45) is 7.62. The molecule has 2 saturated heterocycles. The topological polar surface area (TPSA) is 88.6 Å².